The Bertz CT molecular complexity index is 1460. The number of benzene rings is 2. The summed E-state index contributed by atoms with van der Waals surface area (Å²) < 4.78 is 35.9. The van der Waals surface area contributed by atoms with E-state index in [4.69, 9.17) is 15.9 Å². The molecular weight excluding hydrogens is 510 g/mol. The molecule has 1 unspecified atom stereocenters. The number of thiazole rings is 1. The molecule has 1 aliphatic heterocycles. The molecule has 1 aliphatic rings. The van der Waals surface area contributed by atoms with Gasteiger partial charge in [-0.2, -0.15) is 0 Å². The monoisotopic (exact) mass is 543 g/mol. The van der Waals surface area contributed by atoms with E-state index in [1.165, 1.54) is 11.3 Å². The van der Waals surface area contributed by atoms with Gasteiger partial charge in [-0.25, -0.2) is 18.1 Å². The van der Waals surface area contributed by atoms with Gasteiger partial charge in [0.2, 0.25) is 11.7 Å². The number of nitrogens with two attached hydrogens (primary N) is 1. The molecule has 0 amide bonds. The van der Waals surface area contributed by atoms with Crippen LogP contribution in [0.15, 0.2) is 29.2 Å². The van der Waals surface area contributed by atoms with Crippen molar-refractivity contribution < 1.29 is 17.9 Å². The van der Waals surface area contributed by atoms with Gasteiger partial charge >= 0.3 is 0 Å². The maximum atomic E-state index is 13.3. The number of nitrogens with zero attached hydrogens (tertiary/aromatic N) is 1. The number of fused-ring (bicyclic) bond motifs is 2. The molecule has 2 heterocycles. The van der Waals surface area contributed by atoms with Gasteiger partial charge in [0.05, 0.1) is 21.2 Å². The normalized spacial score (nSPS) is 15.2. The number of guanidine groups is 1. The maximum Gasteiger partial charge on any atom is 0.264 e. The second-order valence-electron chi connectivity index (χ2n) is 10.1. The Balaban J connectivity index is 1.34. The van der Waals surface area contributed by atoms with E-state index >= 15 is 0 Å². The Morgan fingerprint density at radius 1 is 1.22 bits per heavy atom. The zero-order valence-electron chi connectivity index (χ0n) is 21.7. The number of sulfonamides is 1. The third kappa shape index (κ3) is 5.48. The Labute approximate surface area is 221 Å². The zero-order chi connectivity index (χ0) is 27.1. The topological polar surface area (TPSA) is 147 Å². The van der Waals surface area contributed by atoms with Crippen LogP contribution in [0.2, 0.25) is 0 Å². The van der Waals surface area contributed by atoms with E-state index in [2.05, 4.69) is 15.0 Å². The molecule has 0 spiro atoms. The van der Waals surface area contributed by atoms with Crippen molar-refractivity contribution in [2.24, 2.45) is 5.73 Å². The molecule has 198 valence electrons. The molecule has 4 rings (SSSR count). The third-order valence-electron chi connectivity index (χ3n) is 6.63. The number of para-hydroxylation sites is 1. The Morgan fingerprint density at radius 2 is 1.92 bits per heavy atom. The van der Waals surface area contributed by atoms with Crippen molar-refractivity contribution in [3.63, 3.8) is 0 Å². The molecule has 37 heavy (non-hydrogen) atoms. The molecule has 5 N–H and O–H groups in total. The smallest absolute Gasteiger partial charge is 0.264 e. The molecule has 3 aromatic rings. The summed E-state index contributed by atoms with van der Waals surface area (Å²) >= 11 is 1.32. The van der Waals surface area contributed by atoms with Gasteiger partial charge in [0.25, 0.3) is 10.0 Å². The summed E-state index contributed by atoms with van der Waals surface area (Å²) in [4.78, 5) is 17.2. The minimum Gasteiger partial charge on any atom is -0.487 e. The molecule has 1 aromatic heterocycles. The lowest BCUT2D eigenvalue weighted by Gasteiger charge is -2.19. The lowest BCUT2D eigenvalue weighted by molar-refractivity contribution is 0.0956. The quantitative estimate of drug-likeness (QED) is 0.146. The fourth-order valence-electron chi connectivity index (χ4n) is 4.67. The van der Waals surface area contributed by atoms with E-state index in [9.17, 15) is 13.2 Å². The lowest BCUT2D eigenvalue weighted by atomic mass is 9.94. The predicted molar refractivity (Wildman–Crippen MR) is 146 cm³/mol. The first kappa shape index (κ1) is 27.0. The molecule has 11 heteroatoms. The van der Waals surface area contributed by atoms with Gasteiger partial charge in [0.15, 0.2) is 5.01 Å². The fraction of sp³-hybridized carbons (Fsp3) is 0.423. The summed E-state index contributed by atoms with van der Waals surface area (Å²) in [6.07, 6.45) is 1.47. The number of nitrogens with one attached hydrogen (secondary N) is 3. The van der Waals surface area contributed by atoms with Gasteiger partial charge in [-0.1, -0.05) is 12.1 Å². The average Bonchev–Trinajstić information content (AvgIpc) is 3.40. The summed E-state index contributed by atoms with van der Waals surface area (Å²) in [5, 5.41) is 11.3. The van der Waals surface area contributed by atoms with Crippen molar-refractivity contribution in [2.75, 3.05) is 6.54 Å². The molecule has 0 aliphatic carbocycles. The maximum absolute atomic E-state index is 13.3. The number of hydrogen-bond donors (Lipinski definition) is 4. The van der Waals surface area contributed by atoms with E-state index in [1.54, 1.807) is 13.8 Å². The van der Waals surface area contributed by atoms with Gasteiger partial charge in [0, 0.05) is 18.5 Å². The standard InChI is InChI=1S/C26H33N5O4S2/c1-14-15(2)23(16(3)17-13-26(4,5)35-22(14)17)37(33,34)31-25(28)29-12-8-9-18(27)21(32)24-30-19-10-6-7-11-20(19)36-24/h6-7,10-11,18H,8-9,12-13,27H2,1-5H3,(H3,28,29,31). The van der Waals surface area contributed by atoms with Crippen LogP contribution in [-0.2, 0) is 16.4 Å². The van der Waals surface area contributed by atoms with Crippen LogP contribution in [0.5, 0.6) is 5.75 Å². The van der Waals surface area contributed by atoms with E-state index in [0.717, 1.165) is 27.1 Å². The molecule has 0 saturated heterocycles. The molecule has 0 radical (unpaired) electrons. The molecule has 1 atom stereocenters. The Morgan fingerprint density at radius 3 is 2.62 bits per heavy atom. The highest BCUT2D eigenvalue weighted by Gasteiger charge is 2.36. The number of hydrogen-bond acceptors (Lipinski definition) is 8. The SMILES string of the molecule is Cc1c(C)c(S(=O)(=O)NC(=N)NCCCC(N)C(=O)c2nc3ccccc3s2)c(C)c2c1OC(C)(C)C2. The first-order valence-electron chi connectivity index (χ1n) is 12.1. The highest BCUT2D eigenvalue weighted by atomic mass is 32.2. The van der Waals surface area contributed by atoms with Crippen molar-refractivity contribution >= 4 is 43.3 Å². The minimum atomic E-state index is -4.00. The summed E-state index contributed by atoms with van der Waals surface area (Å²) in [6, 6.07) is 6.81. The summed E-state index contributed by atoms with van der Waals surface area (Å²) in [7, 11) is -4.00. The average molecular weight is 544 g/mol. The Hall–Kier alpha value is -3.02. The number of ketones is 1. The molecule has 0 fully saturated rings. The molecule has 0 bridgehead atoms. The third-order valence-corrected chi connectivity index (χ3v) is 9.31. The number of rotatable bonds is 8. The molecule has 0 saturated carbocycles. The number of aromatic nitrogens is 1. The molecular formula is C26H33N5O4S2. The van der Waals surface area contributed by atoms with Crippen LogP contribution < -0.4 is 20.5 Å². The van der Waals surface area contributed by atoms with Gasteiger partial charge in [-0.05, 0) is 76.3 Å². The van der Waals surface area contributed by atoms with Crippen molar-refractivity contribution in [3.8, 4) is 5.75 Å². The van der Waals surface area contributed by atoms with Crippen LogP contribution in [0, 0.1) is 26.2 Å². The number of carbonyl (C=O) groups excluding carboxylic acids is 1. The van der Waals surface area contributed by atoms with Gasteiger partial charge in [-0.3, -0.25) is 10.2 Å². The second-order valence-corrected chi connectivity index (χ2v) is 12.7. The predicted octanol–water partition coefficient (Wildman–Crippen LogP) is 3.73. The first-order valence-corrected chi connectivity index (χ1v) is 14.4. The summed E-state index contributed by atoms with van der Waals surface area (Å²) in [5.74, 6) is 0.200. The first-order chi connectivity index (χ1) is 17.3. The number of Topliss-reactive ketones (excluding diaryl/α,β-unsaturated/α-hetero) is 1. The van der Waals surface area contributed by atoms with Crippen LogP contribution in [-0.4, -0.2) is 43.3 Å². The molecule has 2 aromatic carbocycles. The van der Waals surface area contributed by atoms with Gasteiger partial charge in [0.1, 0.15) is 11.4 Å². The van der Waals surface area contributed by atoms with Crippen LogP contribution in [0.1, 0.15) is 58.7 Å². The number of ether oxygens (including phenoxy) is 1. The zero-order valence-corrected chi connectivity index (χ0v) is 23.3. The van der Waals surface area contributed by atoms with Crippen LogP contribution in [0.25, 0.3) is 10.2 Å². The minimum absolute atomic E-state index is 0.181. The van der Waals surface area contributed by atoms with Crippen LogP contribution in [0.4, 0.5) is 0 Å². The summed E-state index contributed by atoms with van der Waals surface area (Å²) in [6.45, 7) is 9.64. The van der Waals surface area contributed by atoms with Crippen molar-refractivity contribution in [1.29, 1.82) is 5.41 Å². The van der Waals surface area contributed by atoms with E-state index in [-0.39, 0.29) is 23.2 Å². The van der Waals surface area contributed by atoms with E-state index in [0.29, 0.717) is 35.4 Å². The highest BCUT2D eigenvalue weighted by Crippen LogP contribution is 2.43. The molecule has 9 nitrogen and oxygen atoms in total. The van der Waals surface area contributed by atoms with Gasteiger partial charge < -0.3 is 15.8 Å². The van der Waals surface area contributed by atoms with Crippen LogP contribution in [0.3, 0.4) is 0 Å². The Kier molecular flexibility index (Phi) is 7.33. The van der Waals surface area contributed by atoms with E-state index < -0.39 is 21.7 Å². The summed E-state index contributed by atoms with van der Waals surface area (Å²) in [5.41, 5.74) is 9.39. The highest BCUT2D eigenvalue weighted by molar-refractivity contribution is 7.90. The second kappa shape index (κ2) is 10.0. The fourth-order valence-corrected chi connectivity index (χ4v) is 7.17. The van der Waals surface area contributed by atoms with Crippen molar-refractivity contribution in [2.45, 2.75) is 70.4 Å². The lowest BCUT2D eigenvalue weighted by Crippen LogP contribution is -2.41. The van der Waals surface area contributed by atoms with Crippen molar-refractivity contribution in [1.82, 2.24) is 15.0 Å². The van der Waals surface area contributed by atoms with Crippen molar-refractivity contribution in [3.05, 3.63) is 51.5 Å². The largest absolute Gasteiger partial charge is 0.487 e. The number of carbonyl (C=O) groups is 1. The van der Waals surface area contributed by atoms with Crippen LogP contribution >= 0.6 is 11.3 Å². The van der Waals surface area contributed by atoms with Gasteiger partial charge in [-0.15, -0.1) is 11.3 Å². The van der Waals surface area contributed by atoms with E-state index in [1.807, 2.05) is 45.0 Å².